The normalized spacial score (nSPS) is 10.6. The topological polar surface area (TPSA) is 55.6 Å². The molecule has 0 aliphatic heterocycles. The van der Waals surface area contributed by atoms with Crippen LogP contribution >= 0.6 is 11.6 Å². The zero-order valence-corrected chi connectivity index (χ0v) is 11.9. The lowest BCUT2D eigenvalue weighted by Gasteiger charge is -2.27. The van der Waals surface area contributed by atoms with Gasteiger partial charge in [-0.15, -0.1) is 0 Å². The van der Waals surface area contributed by atoms with Crippen molar-refractivity contribution in [3.8, 4) is 0 Å². The van der Waals surface area contributed by atoms with Crippen LogP contribution in [-0.4, -0.2) is 25.7 Å². The third kappa shape index (κ3) is 3.07. The van der Waals surface area contributed by atoms with Gasteiger partial charge in [0.05, 0.1) is 22.9 Å². The first-order chi connectivity index (χ1) is 8.38. The molecule has 0 aliphatic carbocycles. The number of benzene rings is 1. The zero-order chi connectivity index (χ0) is 13.9. The van der Waals surface area contributed by atoms with E-state index < -0.39 is 5.97 Å². The van der Waals surface area contributed by atoms with Gasteiger partial charge in [0.15, 0.2) is 0 Å². The Kier molecular flexibility index (Phi) is 4.84. The molecule has 2 N–H and O–H groups in total. The minimum atomic E-state index is -0.408. The molecule has 1 aromatic rings. The highest BCUT2D eigenvalue weighted by molar-refractivity contribution is 6.34. The molecular formula is C13H19ClN2O2. The average molecular weight is 271 g/mol. The molecule has 0 amide bonds. The van der Waals surface area contributed by atoms with Crippen LogP contribution in [0.5, 0.6) is 0 Å². The van der Waals surface area contributed by atoms with Gasteiger partial charge in [-0.1, -0.05) is 11.6 Å². The molecule has 1 aromatic carbocycles. The molecule has 0 radical (unpaired) electrons. The predicted octanol–water partition coefficient (Wildman–Crippen LogP) is 2.94. The van der Waals surface area contributed by atoms with E-state index >= 15 is 0 Å². The van der Waals surface area contributed by atoms with Crippen molar-refractivity contribution in [2.24, 2.45) is 0 Å². The van der Waals surface area contributed by atoms with E-state index in [1.807, 2.05) is 25.8 Å². The van der Waals surface area contributed by atoms with Gasteiger partial charge in [0, 0.05) is 18.8 Å². The van der Waals surface area contributed by atoms with E-state index in [-0.39, 0.29) is 6.04 Å². The minimum absolute atomic E-state index is 0.208. The van der Waals surface area contributed by atoms with E-state index in [0.29, 0.717) is 28.6 Å². The van der Waals surface area contributed by atoms with E-state index in [4.69, 9.17) is 22.1 Å². The molecule has 0 fully saturated rings. The Bertz CT molecular complexity index is 447. The predicted molar refractivity (Wildman–Crippen MR) is 75.4 cm³/mol. The molecule has 1 rings (SSSR count). The summed E-state index contributed by atoms with van der Waals surface area (Å²) in [6.45, 7) is 6.11. The maximum absolute atomic E-state index is 11.9. The van der Waals surface area contributed by atoms with Gasteiger partial charge in [-0.3, -0.25) is 0 Å². The second-order valence-electron chi connectivity index (χ2n) is 4.32. The summed E-state index contributed by atoms with van der Waals surface area (Å²) < 4.78 is 5.03. The molecule has 100 valence electrons. The first-order valence-electron chi connectivity index (χ1n) is 5.87. The number of hydrogen-bond donors (Lipinski definition) is 1. The summed E-state index contributed by atoms with van der Waals surface area (Å²) in [7, 11) is 1.88. The van der Waals surface area contributed by atoms with Crippen molar-refractivity contribution in [3.63, 3.8) is 0 Å². The number of carbonyl (C=O) groups is 1. The number of carbonyl (C=O) groups excluding carboxylic acids is 1. The SMILES string of the molecule is CCOC(=O)c1cc(N)cc(Cl)c1N(C)C(C)C. The van der Waals surface area contributed by atoms with E-state index in [9.17, 15) is 4.79 Å². The van der Waals surface area contributed by atoms with Crippen LogP contribution in [0, 0.1) is 0 Å². The Labute approximate surface area is 113 Å². The third-order valence-corrected chi connectivity index (χ3v) is 3.00. The van der Waals surface area contributed by atoms with Crippen LogP contribution in [0.4, 0.5) is 11.4 Å². The number of hydrogen-bond acceptors (Lipinski definition) is 4. The lowest BCUT2D eigenvalue weighted by atomic mass is 10.1. The second-order valence-corrected chi connectivity index (χ2v) is 4.73. The molecule has 0 aromatic heterocycles. The van der Waals surface area contributed by atoms with Gasteiger partial charge in [-0.05, 0) is 32.9 Å². The summed E-state index contributed by atoms with van der Waals surface area (Å²) in [6, 6.07) is 3.44. The number of rotatable bonds is 4. The van der Waals surface area contributed by atoms with Gasteiger partial charge >= 0.3 is 5.97 Å². The van der Waals surface area contributed by atoms with Gasteiger partial charge in [0.2, 0.25) is 0 Å². The third-order valence-electron chi connectivity index (χ3n) is 2.71. The van der Waals surface area contributed by atoms with Crippen LogP contribution in [-0.2, 0) is 4.74 Å². The van der Waals surface area contributed by atoms with Crippen molar-refractivity contribution in [2.45, 2.75) is 26.8 Å². The van der Waals surface area contributed by atoms with E-state index in [1.165, 1.54) is 0 Å². The van der Waals surface area contributed by atoms with E-state index in [1.54, 1.807) is 19.1 Å². The molecule has 0 heterocycles. The number of esters is 1. The Morgan fingerprint density at radius 2 is 2.11 bits per heavy atom. The van der Waals surface area contributed by atoms with Crippen LogP contribution in [0.3, 0.4) is 0 Å². The maximum atomic E-state index is 11.9. The highest BCUT2D eigenvalue weighted by Crippen LogP contribution is 2.33. The highest BCUT2D eigenvalue weighted by Gasteiger charge is 2.21. The standard InChI is InChI=1S/C13H19ClN2O2/c1-5-18-13(17)10-6-9(15)7-11(14)12(10)16(4)8(2)3/h6-8H,5,15H2,1-4H3. The number of halogens is 1. The van der Waals surface area contributed by atoms with Gasteiger partial charge in [-0.25, -0.2) is 4.79 Å². The number of anilines is 2. The molecule has 0 atom stereocenters. The quantitative estimate of drug-likeness (QED) is 0.675. The summed E-state index contributed by atoms with van der Waals surface area (Å²) >= 11 is 6.19. The molecule has 0 saturated heterocycles. The molecule has 0 bridgehead atoms. The van der Waals surface area contributed by atoms with Crippen LogP contribution in [0.2, 0.25) is 5.02 Å². The number of nitrogens with zero attached hydrogens (tertiary/aromatic N) is 1. The van der Waals surface area contributed by atoms with E-state index in [0.717, 1.165) is 0 Å². The number of nitrogen functional groups attached to an aromatic ring is 1. The van der Waals surface area contributed by atoms with Crippen LogP contribution < -0.4 is 10.6 Å². The summed E-state index contributed by atoms with van der Waals surface area (Å²) in [5, 5.41) is 0.453. The minimum Gasteiger partial charge on any atom is -0.462 e. The zero-order valence-electron chi connectivity index (χ0n) is 11.2. The van der Waals surface area contributed by atoms with Gasteiger partial charge in [0.1, 0.15) is 0 Å². The molecule has 18 heavy (non-hydrogen) atoms. The lowest BCUT2D eigenvalue weighted by Crippen LogP contribution is -2.28. The Balaban J connectivity index is 3.33. The summed E-state index contributed by atoms with van der Waals surface area (Å²) in [6.07, 6.45) is 0. The fourth-order valence-electron chi connectivity index (χ4n) is 1.60. The molecule has 0 unspecified atom stereocenters. The molecule has 4 nitrogen and oxygen atoms in total. The largest absolute Gasteiger partial charge is 0.462 e. The Hall–Kier alpha value is -1.42. The monoisotopic (exact) mass is 270 g/mol. The van der Waals surface area contributed by atoms with Crippen molar-refractivity contribution in [1.82, 2.24) is 0 Å². The van der Waals surface area contributed by atoms with Crippen molar-refractivity contribution in [3.05, 3.63) is 22.7 Å². The van der Waals surface area contributed by atoms with Crippen LogP contribution in [0.25, 0.3) is 0 Å². The molecule has 0 spiro atoms. The van der Waals surface area contributed by atoms with Crippen molar-refractivity contribution in [2.75, 3.05) is 24.3 Å². The fraction of sp³-hybridized carbons (Fsp3) is 0.462. The molecular weight excluding hydrogens is 252 g/mol. The summed E-state index contributed by atoms with van der Waals surface area (Å²) in [5.41, 5.74) is 7.23. The van der Waals surface area contributed by atoms with Gasteiger partial charge in [0.25, 0.3) is 0 Å². The lowest BCUT2D eigenvalue weighted by molar-refractivity contribution is 0.0527. The van der Waals surface area contributed by atoms with Crippen molar-refractivity contribution in [1.29, 1.82) is 0 Å². The smallest absolute Gasteiger partial charge is 0.340 e. The Morgan fingerprint density at radius 3 is 2.61 bits per heavy atom. The molecule has 5 heteroatoms. The van der Waals surface area contributed by atoms with Crippen molar-refractivity contribution >= 4 is 28.9 Å². The average Bonchev–Trinajstić information content (AvgIpc) is 2.27. The summed E-state index contributed by atoms with van der Waals surface area (Å²) in [5.74, 6) is -0.408. The van der Waals surface area contributed by atoms with Crippen molar-refractivity contribution < 1.29 is 9.53 Å². The first kappa shape index (κ1) is 14.6. The van der Waals surface area contributed by atoms with Gasteiger partial charge < -0.3 is 15.4 Å². The first-order valence-corrected chi connectivity index (χ1v) is 6.25. The second kappa shape index (κ2) is 5.96. The molecule has 0 aliphatic rings. The summed E-state index contributed by atoms with van der Waals surface area (Å²) in [4.78, 5) is 13.9. The molecule has 0 saturated carbocycles. The maximum Gasteiger partial charge on any atom is 0.340 e. The van der Waals surface area contributed by atoms with Gasteiger partial charge in [-0.2, -0.15) is 0 Å². The van der Waals surface area contributed by atoms with E-state index in [2.05, 4.69) is 0 Å². The van der Waals surface area contributed by atoms with Crippen LogP contribution in [0.1, 0.15) is 31.1 Å². The Morgan fingerprint density at radius 1 is 1.50 bits per heavy atom. The number of ether oxygens (including phenoxy) is 1. The highest BCUT2D eigenvalue weighted by atomic mass is 35.5. The van der Waals surface area contributed by atoms with Crippen LogP contribution in [0.15, 0.2) is 12.1 Å². The fourth-order valence-corrected chi connectivity index (χ4v) is 1.96. The number of nitrogens with two attached hydrogens (primary N) is 1.